The van der Waals surface area contributed by atoms with E-state index in [0.717, 1.165) is 5.56 Å². The van der Waals surface area contributed by atoms with Crippen LogP contribution >= 0.6 is 0 Å². The minimum Gasteiger partial charge on any atom is -0.384 e. The fourth-order valence-electron chi connectivity index (χ4n) is 1.10. The van der Waals surface area contributed by atoms with Crippen molar-refractivity contribution >= 4 is 5.82 Å². The Morgan fingerprint density at radius 2 is 2.31 bits per heavy atom. The zero-order valence-electron chi connectivity index (χ0n) is 7.63. The summed E-state index contributed by atoms with van der Waals surface area (Å²) in [6.45, 7) is 1.48. The first kappa shape index (κ1) is 9.92. The van der Waals surface area contributed by atoms with E-state index in [1.54, 1.807) is 18.3 Å². The van der Waals surface area contributed by atoms with Gasteiger partial charge in [0.1, 0.15) is 11.5 Å². The Morgan fingerprint density at radius 3 is 2.85 bits per heavy atom. The van der Waals surface area contributed by atoms with Gasteiger partial charge in [-0.25, -0.2) is 9.37 Å². The molecule has 0 amide bonds. The number of halogens is 1. The number of rotatable bonds is 3. The molecule has 0 saturated heterocycles. The molecule has 4 heteroatoms. The lowest BCUT2D eigenvalue weighted by molar-refractivity contribution is 0.200. The Kier molecular flexibility index (Phi) is 2.83. The maximum atomic E-state index is 13.5. The third-order valence-electron chi connectivity index (χ3n) is 1.84. The van der Waals surface area contributed by atoms with Crippen molar-refractivity contribution in [2.75, 3.05) is 12.3 Å². The highest BCUT2D eigenvalue weighted by Crippen LogP contribution is 2.16. The molecule has 13 heavy (non-hydrogen) atoms. The van der Waals surface area contributed by atoms with Crippen molar-refractivity contribution in [3.05, 3.63) is 23.9 Å². The van der Waals surface area contributed by atoms with Crippen LogP contribution in [0.5, 0.6) is 0 Å². The van der Waals surface area contributed by atoms with Gasteiger partial charge >= 0.3 is 0 Å². The van der Waals surface area contributed by atoms with Crippen molar-refractivity contribution in [3.63, 3.8) is 0 Å². The van der Waals surface area contributed by atoms with Gasteiger partial charge in [0.2, 0.25) is 0 Å². The molecular formula is C9H14FN3. The quantitative estimate of drug-likeness (QED) is 0.731. The first-order valence-corrected chi connectivity index (χ1v) is 4.13. The standard InChI is InChI=1S/C9H14FN3/c1-9(10,6-11)5-7-2-3-13-8(12)4-7/h2-4H,5-6,11H2,1H3,(H2,12,13). The third kappa shape index (κ3) is 2.99. The summed E-state index contributed by atoms with van der Waals surface area (Å²) in [6.07, 6.45) is 1.84. The minimum absolute atomic E-state index is 0.00915. The molecule has 0 radical (unpaired) electrons. The first-order chi connectivity index (χ1) is 6.03. The van der Waals surface area contributed by atoms with E-state index in [9.17, 15) is 4.39 Å². The number of pyridine rings is 1. The SMILES string of the molecule is CC(F)(CN)Cc1ccnc(N)c1. The summed E-state index contributed by atoms with van der Waals surface area (Å²) in [5.74, 6) is 0.408. The molecule has 1 aromatic rings. The van der Waals surface area contributed by atoms with E-state index in [4.69, 9.17) is 11.5 Å². The summed E-state index contributed by atoms with van der Waals surface area (Å²) in [4.78, 5) is 3.82. The second-order valence-corrected chi connectivity index (χ2v) is 3.38. The average molecular weight is 183 g/mol. The highest BCUT2D eigenvalue weighted by Gasteiger charge is 2.21. The molecule has 1 atom stereocenters. The highest BCUT2D eigenvalue weighted by molar-refractivity contribution is 5.32. The van der Waals surface area contributed by atoms with Gasteiger partial charge in [0.15, 0.2) is 0 Å². The molecule has 0 fully saturated rings. The number of nitrogens with two attached hydrogens (primary N) is 2. The number of alkyl halides is 1. The van der Waals surface area contributed by atoms with E-state index in [1.807, 2.05) is 0 Å². The minimum atomic E-state index is -1.37. The van der Waals surface area contributed by atoms with Crippen LogP contribution in [0.4, 0.5) is 10.2 Å². The van der Waals surface area contributed by atoms with Crippen molar-refractivity contribution in [1.29, 1.82) is 0 Å². The molecule has 1 unspecified atom stereocenters. The molecule has 0 aliphatic rings. The zero-order valence-corrected chi connectivity index (χ0v) is 7.63. The van der Waals surface area contributed by atoms with Crippen molar-refractivity contribution in [3.8, 4) is 0 Å². The number of hydrogen-bond acceptors (Lipinski definition) is 3. The lowest BCUT2D eigenvalue weighted by Crippen LogP contribution is -2.31. The van der Waals surface area contributed by atoms with E-state index in [2.05, 4.69) is 4.98 Å². The predicted octanol–water partition coefficient (Wildman–Crippen LogP) is 0.893. The molecule has 1 aromatic heterocycles. The zero-order chi connectivity index (χ0) is 9.90. The molecule has 72 valence electrons. The largest absolute Gasteiger partial charge is 0.384 e. The van der Waals surface area contributed by atoms with Gasteiger partial charge in [-0.05, 0) is 24.6 Å². The van der Waals surface area contributed by atoms with Gasteiger partial charge in [-0.15, -0.1) is 0 Å². The van der Waals surface area contributed by atoms with Crippen LogP contribution < -0.4 is 11.5 Å². The van der Waals surface area contributed by atoms with Crippen molar-refractivity contribution in [1.82, 2.24) is 4.98 Å². The van der Waals surface area contributed by atoms with Crippen LogP contribution in [0.2, 0.25) is 0 Å². The molecule has 0 aromatic carbocycles. The molecule has 3 nitrogen and oxygen atoms in total. The number of nitrogens with zero attached hydrogens (tertiary/aromatic N) is 1. The maximum absolute atomic E-state index is 13.5. The summed E-state index contributed by atoms with van der Waals surface area (Å²) in [5, 5.41) is 0. The van der Waals surface area contributed by atoms with Crippen LogP contribution in [-0.2, 0) is 6.42 Å². The second kappa shape index (κ2) is 3.70. The van der Waals surface area contributed by atoms with Crippen LogP contribution in [-0.4, -0.2) is 17.2 Å². The topological polar surface area (TPSA) is 64.9 Å². The Balaban J connectivity index is 2.74. The Hall–Kier alpha value is -1.16. The van der Waals surface area contributed by atoms with Gasteiger partial charge in [0.05, 0.1) is 0 Å². The summed E-state index contributed by atoms with van der Waals surface area (Å²) in [6, 6.07) is 3.40. The van der Waals surface area contributed by atoms with Crippen LogP contribution in [0.1, 0.15) is 12.5 Å². The molecule has 1 heterocycles. The van der Waals surface area contributed by atoms with Gasteiger partial charge in [0.25, 0.3) is 0 Å². The van der Waals surface area contributed by atoms with Gasteiger partial charge in [-0.1, -0.05) is 0 Å². The van der Waals surface area contributed by atoms with E-state index < -0.39 is 5.67 Å². The van der Waals surface area contributed by atoms with Gasteiger partial charge in [-0.2, -0.15) is 0 Å². The predicted molar refractivity (Wildman–Crippen MR) is 50.9 cm³/mol. The van der Waals surface area contributed by atoms with E-state index in [-0.39, 0.29) is 13.0 Å². The van der Waals surface area contributed by atoms with E-state index in [1.165, 1.54) is 6.92 Å². The smallest absolute Gasteiger partial charge is 0.124 e. The van der Waals surface area contributed by atoms with E-state index >= 15 is 0 Å². The van der Waals surface area contributed by atoms with Gasteiger partial charge in [-0.3, -0.25) is 0 Å². The Morgan fingerprint density at radius 1 is 1.62 bits per heavy atom. The Bertz CT molecular complexity index is 286. The van der Waals surface area contributed by atoms with Crippen LogP contribution in [0.25, 0.3) is 0 Å². The molecule has 0 aliphatic heterocycles. The van der Waals surface area contributed by atoms with Crippen LogP contribution in [0.15, 0.2) is 18.3 Å². The average Bonchev–Trinajstić information content (AvgIpc) is 2.03. The van der Waals surface area contributed by atoms with Crippen molar-refractivity contribution in [2.45, 2.75) is 19.0 Å². The molecule has 1 rings (SSSR count). The van der Waals surface area contributed by atoms with Crippen LogP contribution in [0, 0.1) is 0 Å². The van der Waals surface area contributed by atoms with E-state index in [0.29, 0.717) is 5.82 Å². The fourth-order valence-corrected chi connectivity index (χ4v) is 1.10. The van der Waals surface area contributed by atoms with Crippen molar-refractivity contribution in [2.24, 2.45) is 5.73 Å². The summed E-state index contributed by atoms with van der Waals surface area (Å²) >= 11 is 0. The van der Waals surface area contributed by atoms with Crippen molar-refractivity contribution < 1.29 is 4.39 Å². The summed E-state index contributed by atoms with van der Waals surface area (Å²) in [5.41, 5.74) is 10.2. The summed E-state index contributed by atoms with van der Waals surface area (Å²) in [7, 11) is 0. The molecule has 0 saturated carbocycles. The monoisotopic (exact) mass is 183 g/mol. The molecule has 0 aliphatic carbocycles. The number of hydrogen-bond donors (Lipinski definition) is 2. The molecule has 0 spiro atoms. The fraction of sp³-hybridized carbons (Fsp3) is 0.444. The van der Waals surface area contributed by atoms with Gasteiger partial charge in [0, 0.05) is 19.2 Å². The molecular weight excluding hydrogens is 169 g/mol. The maximum Gasteiger partial charge on any atom is 0.124 e. The Labute approximate surface area is 77.0 Å². The first-order valence-electron chi connectivity index (χ1n) is 4.13. The molecule has 4 N–H and O–H groups in total. The normalized spacial score (nSPS) is 15.3. The third-order valence-corrected chi connectivity index (χ3v) is 1.84. The number of aromatic nitrogens is 1. The van der Waals surface area contributed by atoms with Gasteiger partial charge < -0.3 is 11.5 Å². The lowest BCUT2D eigenvalue weighted by atomic mass is 9.99. The number of nitrogen functional groups attached to an aromatic ring is 1. The number of anilines is 1. The summed E-state index contributed by atoms with van der Waals surface area (Å²) < 4.78 is 13.5. The molecule has 0 bridgehead atoms. The highest BCUT2D eigenvalue weighted by atomic mass is 19.1. The lowest BCUT2D eigenvalue weighted by Gasteiger charge is -2.17. The van der Waals surface area contributed by atoms with Crippen LogP contribution in [0.3, 0.4) is 0 Å². The second-order valence-electron chi connectivity index (χ2n) is 3.38.